The van der Waals surface area contributed by atoms with E-state index in [0.29, 0.717) is 25.7 Å². The smallest absolute Gasteiger partial charge is 0.310 e. The Morgan fingerprint density at radius 3 is 1.33 bits per heavy atom. The van der Waals surface area contributed by atoms with Crippen LogP contribution in [-0.4, -0.2) is 48.3 Å². The van der Waals surface area contributed by atoms with Crippen LogP contribution in [0.2, 0.25) is 0 Å². The number of hydrogen-bond donors (Lipinski definition) is 1. The van der Waals surface area contributed by atoms with Crippen molar-refractivity contribution in [3.63, 3.8) is 0 Å². The minimum Gasteiger partial charge on any atom is -0.481 e. The molecule has 0 aromatic carbocycles. The minimum atomic E-state index is -1.01. The van der Waals surface area contributed by atoms with Crippen LogP contribution in [-0.2, 0) is 33.4 Å². The first-order valence-electron chi connectivity index (χ1n) is 22.2. The number of hydrogen-bond acceptors (Lipinski definition) is 7. The quantitative estimate of drug-likeness (QED) is 0.0293. The van der Waals surface area contributed by atoms with Crippen LogP contribution in [0.4, 0.5) is 0 Å². The lowest BCUT2D eigenvalue weighted by Crippen LogP contribution is -2.38. The summed E-state index contributed by atoms with van der Waals surface area (Å²) in [5.74, 6) is -3.98. The summed E-state index contributed by atoms with van der Waals surface area (Å²) in [5.41, 5.74) is 0. The number of esters is 3. The Labute approximate surface area is 335 Å². The van der Waals surface area contributed by atoms with E-state index in [4.69, 9.17) is 14.2 Å². The normalized spacial score (nSPS) is 16.2. The van der Waals surface area contributed by atoms with Gasteiger partial charge in [-0.2, -0.15) is 0 Å². The Balaban J connectivity index is 2.35. The largest absolute Gasteiger partial charge is 0.481 e. The van der Waals surface area contributed by atoms with Gasteiger partial charge in [-0.25, -0.2) is 0 Å². The van der Waals surface area contributed by atoms with Gasteiger partial charge in [0.1, 0.15) is 13.2 Å². The maximum absolute atomic E-state index is 13.1. The lowest BCUT2D eigenvalue weighted by atomic mass is 9.79. The van der Waals surface area contributed by atoms with Crippen LogP contribution in [0, 0.1) is 11.8 Å². The fourth-order valence-electron chi connectivity index (χ4n) is 6.75. The molecule has 0 heterocycles. The van der Waals surface area contributed by atoms with Gasteiger partial charge >= 0.3 is 23.9 Å². The lowest BCUT2D eigenvalue weighted by Gasteiger charge is -2.28. The molecule has 0 aromatic rings. The summed E-state index contributed by atoms with van der Waals surface area (Å²) in [6, 6.07) is 0. The second-order valence-electron chi connectivity index (χ2n) is 15.2. The molecular weight excluding hydrogens is 693 g/mol. The topological polar surface area (TPSA) is 116 Å². The molecule has 0 aromatic heterocycles. The molecule has 1 saturated carbocycles. The predicted octanol–water partition coefficient (Wildman–Crippen LogP) is 12.5. The first-order valence-corrected chi connectivity index (χ1v) is 22.2. The number of carbonyl (C=O) groups excluding carboxylic acids is 3. The van der Waals surface area contributed by atoms with Crippen LogP contribution < -0.4 is 0 Å². The number of allylic oxidation sites excluding steroid dienone is 8. The molecule has 55 heavy (non-hydrogen) atoms. The zero-order valence-electron chi connectivity index (χ0n) is 34.9. The molecule has 0 spiro atoms. The third-order valence-electron chi connectivity index (χ3n) is 10.2. The van der Waals surface area contributed by atoms with Gasteiger partial charge in [0.15, 0.2) is 6.10 Å². The second kappa shape index (κ2) is 36.5. The van der Waals surface area contributed by atoms with E-state index in [1.807, 2.05) is 0 Å². The lowest BCUT2D eigenvalue weighted by molar-refractivity contribution is -0.174. The van der Waals surface area contributed by atoms with E-state index in [0.717, 1.165) is 89.9 Å². The summed E-state index contributed by atoms with van der Waals surface area (Å²) in [5, 5.41) is 9.65. The molecule has 0 radical (unpaired) electrons. The average Bonchev–Trinajstić information content (AvgIpc) is 3.18. The molecular formula is C47H78O8. The zero-order chi connectivity index (χ0) is 40.0. The first kappa shape index (κ1) is 49.9. The van der Waals surface area contributed by atoms with Gasteiger partial charge in [0.05, 0.1) is 11.8 Å². The molecule has 1 N–H and O–H groups in total. The summed E-state index contributed by atoms with van der Waals surface area (Å²) < 4.78 is 16.6. The molecule has 2 unspecified atom stereocenters. The first-order chi connectivity index (χ1) is 26.9. The number of carboxylic acids is 1. The van der Waals surface area contributed by atoms with E-state index >= 15 is 0 Å². The van der Waals surface area contributed by atoms with Gasteiger partial charge in [0.2, 0.25) is 0 Å². The van der Waals surface area contributed by atoms with Crippen molar-refractivity contribution >= 4 is 23.9 Å². The van der Waals surface area contributed by atoms with Crippen molar-refractivity contribution in [1.29, 1.82) is 0 Å². The molecule has 1 aliphatic rings. The highest BCUT2D eigenvalue weighted by Gasteiger charge is 2.38. The van der Waals surface area contributed by atoms with Crippen molar-refractivity contribution in [2.45, 2.75) is 200 Å². The molecule has 8 heteroatoms. The van der Waals surface area contributed by atoms with Crippen LogP contribution in [0.3, 0.4) is 0 Å². The predicted molar refractivity (Wildman–Crippen MR) is 224 cm³/mol. The maximum atomic E-state index is 13.1. The third-order valence-corrected chi connectivity index (χ3v) is 10.2. The standard InChI is InChI=1S/C47H78O8/c1-3-5-7-9-11-13-15-17-19-21-23-25-27-29-31-37-44(48)53-39-41(55-47(52)43-36-34-33-35-42(43)46(50)51)40-54-45(49)38-32-30-28-26-24-22-20-18-16-14-12-10-8-6-4-2/h11-14,17-20,41-43H,3-10,15-16,21-40H2,1-2H3,(H,50,51)/b13-11-,14-12-,19-17-,20-18-. The van der Waals surface area contributed by atoms with Gasteiger partial charge in [-0.05, 0) is 89.9 Å². The van der Waals surface area contributed by atoms with E-state index in [1.165, 1.54) is 51.4 Å². The summed E-state index contributed by atoms with van der Waals surface area (Å²) in [6.45, 7) is 3.99. The molecule has 0 saturated heterocycles. The van der Waals surface area contributed by atoms with Gasteiger partial charge in [-0.1, -0.05) is 140 Å². The molecule has 1 rings (SSSR count). The molecule has 314 valence electrons. The molecule has 0 aliphatic heterocycles. The van der Waals surface area contributed by atoms with Crippen LogP contribution >= 0.6 is 0 Å². The second-order valence-corrected chi connectivity index (χ2v) is 15.2. The highest BCUT2D eigenvalue weighted by atomic mass is 16.6. The molecule has 1 fully saturated rings. The number of ether oxygens (including phenoxy) is 3. The van der Waals surface area contributed by atoms with Crippen LogP contribution in [0.25, 0.3) is 0 Å². The van der Waals surface area contributed by atoms with Crippen molar-refractivity contribution in [2.24, 2.45) is 11.8 Å². The van der Waals surface area contributed by atoms with Gasteiger partial charge in [-0.3, -0.25) is 19.2 Å². The Kier molecular flexibility index (Phi) is 33.1. The number of aliphatic carboxylic acids is 1. The van der Waals surface area contributed by atoms with Gasteiger partial charge in [0.25, 0.3) is 0 Å². The monoisotopic (exact) mass is 771 g/mol. The van der Waals surface area contributed by atoms with Crippen LogP contribution in [0.15, 0.2) is 48.6 Å². The minimum absolute atomic E-state index is 0.230. The van der Waals surface area contributed by atoms with Gasteiger partial charge < -0.3 is 19.3 Å². The highest BCUT2D eigenvalue weighted by molar-refractivity contribution is 5.81. The number of rotatable bonds is 35. The van der Waals surface area contributed by atoms with E-state index in [2.05, 4.69) is 62.5 Å². The molecule has 2 atom stereocenters. The van der Waals surface area contributed by atoms with Crippen molar-refractivity contribution in [3.05, 3.63) is 48.6 Å². The summed E-state index contributed by atoms with van der Waals surface area (Å²) in [6.07, 6.45) is 43.9. The Morgan fingerprint density at radius 1 is 0.527 bits per heavy atom. The Hall–Kier alpha value is -3.16. The van der Waals surface area contributed by atoms with Crippen molar-refractivity contribution < 1.29 is 38.5 Å². The van der Waals surface area contributed by atoms with Crippen LogP contribution in [0.1, 0.15) is 194 Å². The zero-order valence-corrected chi connectivity index (χ0v) is 34.9. The fraction of sp³-hybridized carbons (Fsp3) is 0.745. The van der Waals surface area contributed by atoms with Gasteiger partial charge in [0, 0.05) is 12.8 Å². The number of carbonyl (C=O) groups is 4. The Bertz CT molecular complexity index is 1040. The summed E-state index contributed by atoms with van der Waals surface area (Å²) >= 11 is 0. The van der Waals surface area contributed by atoms with E-state index in [1.54, 1.807) is 0 Å². The maximum Gasteiger partial charge on any atom is 0.310 e. The van der Waals surface area contributed by atoms with Crippen molar-refractivity contribution in [2.75, 3.05) is 13.2 Å². The Morgan fingerprint density at radius 2 is 0.909 bits per heavy atom. The number of carboxylic acid groups (broad SMARTS) is 1. The molecule has 8 nitrogen and oxygen atoms in total. The fourth-order valence-corrected chi connectivity index (χ4v) is 6.75. The molecule has 1 aliphatic carbocycles. The SMILES string of the molecule is CCCCC/C=C\C/C=C\CCCCCCCC(=O)OCC(COC(=O)CCCCCCC/C=C\C/C=C\CCCCC)OC(=O)C1CCCCC1C(=O)O. The van der Waals surface area contributed by atoms with Crippen molar-refractivity contribution in [3.8, 4) is 0 Å². The van der Waals surface area contributed by atoms with Crippen molar-refractivity contribution in [1.82, 2.24) is 0 Å². The van der Waals surface area contributed by atoms with Crippen LogP contribution in [0.5, 0.6) is 0 Å². The highest BCUT2D eigenvalue weighted by Crippen LogP contribution is 2.31. The summed E-state index contributed by atoms with van der Waals surface area (Å²) in [7, 11) is 0. The van der Waals surface area contributed by atoms with E-state index in [-0.39, 0.29) is 38.0 Å². The van der Waals surface area contributed by atoms with Gasteiger partial charge in [-0.15, -0.1) is 0 Å². The summed E-state index contributed by atoms with van der Waals surface area (Å²) in [4.78, 5) is 50.0. The third kappa shape index (κ3) is 29.8. The van der Waals surface area contributed by atoms with E-state index < -0.39 is 29.9 Å². The molecule has 0 amide bonds. The van der Waals surface area contributed by atoms with E-state index in [9.17, 15) is 24.3 Å². The molecule has 0 bridgehead atoms. The average molecular weight is 771 g/mol. The number of unbranched alkanes of at least 4 members (excludes halogenated alkanes) is 16.